The second-order valence-electron chi connectivity index (χ2n) is 10.6. The smallest absolute Gasteiger partial charge is 0.160 e. The Hall–Kier alpha value is -6.97. The summed E-state index contributed by atoms with van der Waals surface area (Å²) in [4.78, 5) is 6.94. The van der Waals surface area contributed by atoms with Gasteiger partial charge in [0.25, 0.3) is 0 Å². The highest BCUT2D eigenvalue weighted by molar-refractivity contribution is 5.89. The average Bonchev–Trinajstić information content (AvgIpc) is 3.50. The molecule has 0 fully saturated rings. The molecule has 0 N–H and O–H groups in total. The van der Waals surface area contributed by atoms with E-state index in [2.05, 4.69) is 12.1 Å². The van der Waals surface area contributed by atoms with E-state index in [9.17, 15) is 31.6 Å². The third-order valence-electron chi connectivity index (χ3n) is 7.43. The third-order valence-corrected chi connectivity index (χ3v) is 7.43. The lowest BCUT2D eigenvalue weighted by Gasteiger charge is -2.15. The monoisotopic (exact) mass is 624 g/mol. The fraction of sp³-hybridized carbons (Fsp3) is 0.175. The van der Waals surface area contributed by atoms with Gasteiger partial charge >= 0.3 is 0 Å². The molecule has 0 saturated carbocycles. The third kappa shape index (κ3) is 8.81. The van der Waals surface area contributed by atoms with Crippen molar-refractivity contribution in [3.8, 4) is 36.4 Å². The number of aliphatic imine (C=N–C) groups is 1. The van der Waals surface area contributed by atoms with Crippen molar-refractivity contribution >= 4 is 17.0 Å². The molecule has 0 atom stereocenters. The van der Waals surface area contributed by atoms with Gasteiger partial charge in [0.05, 0.1) is 41.1 Å². The molecule has 0 bridgehead atoms. The van der Waals surface area contributed by atoms with Crippen molar-refractivity contribution in [3.05, 3.63) is 142 Å². The normalized spacial score (nSPS) is 14.5. The molecule has 1 aliphatic rings. The summed E-state index contributed by atoms with van der Waals surface area (Å²) < 4.78 is 0. The van der Waals surface area contributed by atoms with Crippen LogP contribution in [0.25, 0.3) is 11.1 Å². The number of nitriles is 6. The topological polar surface area (TPSA) is 158 Å². The number of amidine groups is 1. The van der Waals surface area contributed by atoms with Gasteiger partial charge in [0.15, 0.2) is 5.92 Å². The van der Waals surface area contributed by atoms with Crippen molar-refractivity contribution in [1.82, 2.24) is 4.90 Å². The second kappa shape index (κ2) is 18.1. The van der Waals surface area contributed by atoms with Gasteiger partial charge in [-0.25, -0.2) is 4.99 Å². The summed E-state index contributed by atoms with van der Waals surface area (Å²) in [6, 6.07) is 29.9. The predicted molar refractivity (Wildman–Crippen MR) is 186 cm³/mol. The Labute approximate surface area is 282 Å². The Bertz CT molecular complexity index is 1990. The molecule has 0 aliphatic heterocycles. The van der Waals surface area contributed by atoms with Gasteiger partial charge in [-0.05, 0) is 47.3 Å². The summed E-state index contributed by atoms with van der Waals surface area (Å²) in [6.07, 6.45) is 12.5. The van der Waals surface area contributed by atoms with Crippen molar-refractivity contribution < 1.29 is 0 Å². The van der Waals surface area contributed by atoms with E-state index in [1.807, 2.05) is 74.5 Å². The molecule has 0 unspecified atom stereocenters. The van der Waals surface area contributed by atoms with E-state index in [4.69, 9.17) is 4.99 Å². The van der Waals surface area contributed by atoms with Crippen LogP contribution < -0.4 is 0 Å². The van der Waals surface area contributed by atoms with Gasteiger partial charge < -0.3 is 4.90 Å². The Morgan fingerprint density at radius 3 is 1.96 bits per heavy atom. The van der Waals surface area contributed by atoms with Crippen LogP contribution >= 0.6 is 0 Å². The number of hydrogen-bond acceptors (Lipinski definition) is 7. The second-order valence-corrected chi connectivity index (χ2v) is 10.6. The molecule has 0 saturated heterocycles. The maximum Gasteiger partial charge on any atom is 0.160 e. The molecule has 0 heterocycles. The van der Waals surface area contributed by atoms with Crippen molar-refractivity contribution in [1.29, 1.82) is 31.6 Å². The Morgan fingerprint density at radius 1 is 0.812 bits per heavy atom. The minimum absolute atomic E-state index is 0.152. The average molecular weight is 625 g/mol. The number of nitrogens with zero attached hydrogens (tertiary/aromatic N) is 8. The van der Waals surface area contributed by atoms with Crippen molar-refractivity contribution in [2.75, 3.05) is 14.1 Å². The van der Waals surface area contributed by atoms with E-state index >= 15 is 0 Å². The molecule has 8 heteroatoms. The fourth-order valence-corrected chi connectivity index (χ4v) is 5.12. The summed E-state index contributed by atoms with van der Waals surface area (Å²) in [5.41, 5.74) is 4.70. The van der Waals surface area contributed by atoms with Crippen LogP contribution in [-0.2, 0) is 0 Å². The molecule has 1 aliphatic carbocycles. The van der Waals surface area contributed by atoms with Crippen molar-refractivity contribution in [3.63, 3.8) is 0 Å². The molecule has 3 rings (SSSR count). The summed E-state index contributed by atoms with van der Waals surface area (Å²) in [5, 5.41) is 58.5. The van der Waals surface area contributed by atoms with E-state index in [0.29, 0.717) is 36.0 Å². The lowest BCUT2D eigenvalue weighted by atomic mass is 9.90. The van der Waals surface area contributed by atoms with E-state index in [1.165, 1.54) is 0 Å². The van der Waals surface area contributed by atoms with E-state index in [-0.39, 0.29) is 22.3 Å². The molecular formula is C40H32N8. The molecule has 0 aromatic heterocycles. The quantitative estimate of drug-likeness (QED) is 0.112. The van der Waals surface area contributed by atoms with E-state index in [1.54, 1.807) is 72.8 Å². The van der Waals surface area contributed by atoms with Gasteiger partial charge in [-0.3, -0.25) is 0 Å². The van der Waals surface area contributed by atoms with Crippen LogP contribution in [0.4, 0.5) is 0 Å². The molecule has 8 nitrogen and oxygen atoms in total. The molecule has 48 heavy (non-hydrogen) atoms. The number of allylic oxidation sites excluding steroid dienone is 13. The van der Waals surface area contributed by atoms with Crippen LogP contribution in [0.1, 0.15) is 37.3 Å². The minimum Gasteiger partial charge on any atom is -0.366 e. The molecule has 2 aromatic carbocycles. The Morgan fingerprint density at radius 2 is 1.44 bits per heavy atom. The molecular weight excluding hydrogens is 592 g/mol. The summed E-state index contributed by atoms with van der Waals surface area (Å²) in [6.45, 7) is 2.02. The van der Waals surface area contributed by atoms with Gasteiger partial charge in [0, 0.05) is 31.7 Å². The molecule has 2 aromatic rings. The van der Waals surface area contributed by atoms with Gasteiger partial charge in [-0.15, -0.1) is 0 Å². The number of benzene rings is 2. The first-order valence-electron chi connectivity index (χ1n) is 15.1. The zero-order valence-corrected chi connectivity index (χ0v) is 27.0. The molecule has 0 spiro atoms. The van der Waals surface area contributed by atoms with Crippen LogP contribution in [0.2, 0.25) is 0 Å². The van der Waals surface area contributed by atoms with Gasteiger partial charge in [0.1, 0.15) is 23.5 Å². The molecule has 232 valence electrons. The molecule has 0 amide bonds. The first kappa shape index (κ1) is 35.5. The fourth-order valence-electron chi connectivity index (χ4n) is 5.12. The van der Waals surface area contributed by atoms with Gasteiger partial charge in [-0.2, -0.15) is 31.6 Å². The standard InChI is InChI=1S/C40H32N8/c1-4-37(48(2)3)47-40-31(17-11-19-33(23-41)38(35(25-43)26-44)29-13-7-5-8-14-29)21-22-32(40)18-12-20-34(24-42)39(36(27-45)28-46)30-15-9-6-10-16-30/h5-20,35H,4,21-22H2,1-3H3/b18-12+,19-11+,31-17+,34-20+,38-33-,47-37?. The van der Waals surface area contributed by atoms with E-state index < -0.39 is 5.92 Å². The predicted octanol–water partition coefficient (Wildman–Crippen LogP) is 8.03. The Kier molecular flexibility index (Phi) is 13.4. The summed E-state index contributed by atoms with van der Waals surface area (Å²) >= 11 is 0. The lowest BCUT2D eigenvalue weighted by Crippen LogP contribution is -2.21. The number of hydrogen-bond donors (Lipinski definition) is 0. The highest BCUT2D eigenvalue weighted by Gasteiger charge is 2.21. The van der Waals surface area contributed by atoms with Gasteiger partial charge in [0.2, 0.25) is 0 Å². The first-order chi connectivity index (χ1) is 23.4. The molecule has 0 radical (unpaired) electrons. The number of rotatable bonds is 10. The summed E-state index contributed by atoms with van der Waals surface area (Å²) in [7, 11) is 3.85. The zero-order chi connectivity index (χ0) is 34.9. The minimum atomic E-state index is -1.11. The zero-order valence-electron chi connectivity index (χ0n) is 27.0. The van der Waals surface area contributed by atoms with Crippen molar-refractivity contribution in [2.45, 2.75) is 26.2 Å². The Balaban J connectivity index is 2.14. The maximum absolute atomic E-state index is 10.0. The first-order valence-corrected chi connectivity index (χ1v) is 15.1. The maximum atomic E-state index is 10.0. The van der Waals surface area contributed by atoms with Crippen LogP contribution in [0, 0.1) is 73.9 Å². The van der Waals surface area contributed by atoms with Crippen molar-refractivity contribution in [2.24, 2.45) is 10.9 Å². The summed E-state index contributed by atoms with van der Waals surface area (Å²) in [5.74, 6) is -0.256. The van der Waals surface area contributed by atoms with Crippen LogP contribution in [0.5, 0.6) is 0 Å². The SMILES string of the molecule is CCC(=NC1=C(/C=C/C=C(\C#N)C(=C(C#N)C#N)c2ccccc2)CC\C1=C/C=C/C(C#N)=C(\c1ccccc1)C(C#N)C#N)N(C)C. The van der Waals surface area contributed by atoms with Crippen LogP contribution in [0.3, 0.4) is 0 Å². The highest BCUT2D eigenvalue weighted by atomic mass is 15.1. The lowest BCUT2D eigenvalue weighted by molar-refractivity contribution is 0.606. The van der Waals surface area contributed by atoms with Gasteiger partial charge in [-0.1, -0.05) is 91.9 Å². The van der Waals surface area contributed by atoms with Crippen LogP contribution in [-0.4, -0.2) is 24.8 Å². The van der Waals surface area contributed by atoms with E-state index in [0.717, 1.165) is 22.7 Å². The highest BCUT2D eigenvalue weighted by Crippen LogP contribution is 2.35. The largest absolute Gasteiger partial charge is 0.366 e. The van der Waals surface area contributed by atoms with Crippen LogP contribution in [0.15, 0.2) is 136 Å².